The first-order valence-electron chi connectivity index (χ1n) is 8.52. The van der Waals surface area contributed by atoms with E-state index in [0.717, 1.165) is 24.1 Å². The summed E-state index contributed by atoms with van der Waals surface area (Å²) in [6.07, 6.45) is 0.631. The lowest BCUT2D eigenvalue weighted by molar-refractivity contribution is -0.396. The number of ether oxygens (including phenoxy) is 2. The minimum Gasteiger partial charge on any atom is -0.465 e. The van der Waals surface area contributed by atoms with Gasteiger partial charge >= 0.3 is 11.9 Å². The van der Waals surface area contributed by atoms with Crippen LogP contribution in [0.2, 0.25) is 0 Å². The first-order chi connectivity index (χ1) is 13.3. The van der Waals surface area contributed by atoms with Gasteiger partial charge in [-0.2, -0.15) is 0 Å². The van der Waals surface area contributed by atoms with Gasteiger partial charge in [0.2, 0.25) is 0 Å². The van der Waals surface area contributed by atoms with Crippen LogP contribution in [-0.2, 0) is 19.1 Å². The zero-order chi connectivity index (χ0) is 20.8. The summed E-state index contributed by atoms with van der Waals surface area (Å²) in [4.78, 5) is 45.4. The summed E-state index contributed by atoms with van der Waals surface area (Å²) in [6.45, 7) is 3.59. The van der Waals surface area contributed by atoms with Gasteiger partial charge in [-0.1, -0.05) is 0 Å². The molecule has 12 heteroatoms. The molecule has 1 aliphatic rings. The van der Waals surface area contributed by atoms with Gasteiger partial charge in [-0.15, -0.1) is 0 Å². The van der Waals surface area contributed by atoms with Crippen LogP contribution in [0.1, 0.15) is 26.7 Å². The zero-order valence-corrected chi connectivity index (χ0v) is 16.0. The van der Waals surface area contributed by atoms with Crippen LogP contribution >= 0.6 is 11.9 Å². The molecule has 0 amide bonds. The van der Waals surface area contributed by atoms with E-state index >= 15 is 0 Å². The van der Waals surface area contributed by atoms with E-state index in [-0.39, 0.29) is 18.1 Å². The smallest absolute Gasteiger partial charge is 0.324 e. The number of nitro benzene ring substituents is 2. The van der Waals surface area contributed by atoms with Crippen LogP contribution in [-0.4, -0.2) is 51.4 Å². The fourth-order valence-corrected chi connectivity index (χ4v) is 4.01. The molecule has 1 saturated heterocycles. The first kappa shape index (κ1) is 21.6. The second kappa shape index (κ2) is 9.46. The zero-order valence-electron chi connectivity index (χ0n) is 15.2. The van der Waals surface area contributed by atoms with E-state index in [1.165, 1.54) is 10.4 Å². The normalized spacial score (nSPS) is 19.2. The first-order valence-corrected chi connectivity index (χ1v) is 9.29. The van der Waals surface area contributed by atoms with Crippen molar-refractivity contribution >= 4 is 35.3 Å². The minimum absolute atomic E-state index is 0.0705. The maximum Gasteiger partial charge on any atom is 0.324 e. The number of nitrogens with zero attached hydrogens (tertiary/aromatic N) is 3. The number of hydrogen-bond acceptors (Lipinski definition) is 10. The van der Waals surface area contributed by atoms with Crippen molar-refractivity contribution in [2.75, 3.05) is 13.2 Å². The molecule has 1 aliphatic heterocycles. The lowest BCUT2D eigenvalue weighted by Crippen LogP contribution is -2.41. The van der Waals surface area contributed by atoms with E-state index in [2.05, 4.69) is 0 Å². The van der Waals surface area contributed by atoms with Crippen LogP contribution in [0.15, 0.2) is 23.1 Å². The van der Waals surface area contributed by atoms with Gasteiger partial charge in [-0.3, -0.25) is 29.8 Å². The van der Waals surface area contributed by atoms with Crippen molar-refractivity contribution < 1.29 is 28.9 Å². The van der Waals surface area contributed by atoms with Crippen LogP contribution in [0.4, 0.5) is 11.4 Å². The Morgan fingerprint density at radius 2 is 1.61 bits per heavy atom. The van der Waals surface area contributed by atoms with E-state index in [4.69, 9.17) is 9.47 Å². The van der Waals surface area contributed by atoms with E-state index in [9.17, 15) is 29.8 Å². The van der Waals surface area contributed by atoms with E-state index in [1.807, 2.05) is 0 Å². The molecule has 0 radical (unpaired) electrons. The van der Waals surface area contributed by atoms with Crippen molar-refractivity contribution in [3.8, 4) is 0 Å². The topological polar surface area (TPSA) is 142 Å². The molecule has 152 valence electrons. The van der Waals surface area contributed by atoms with Crippen molar-refractivity contribution in [1.29, 1.82) is 0 Å². The maximum absolute atomic E-state index is 12.3. The Morgan fingerprint density at radius 1 is 1.07 bits per heavy atom. The van der Waals surface area contributed by atoms with Crippen molar-refractivity contribution in [2.24, 2.45) is 0 Å². The lowest BCUT2D eigenvalue weighted by atomic mass is 10.2. The fraction of sp³-hybridized carbons (Fsp3) is 0.500. The highest BCUT2D eigenvalue weighted by Crippen LogP contribution is 2.41. The summed E-state index contributed by atoms with van der Waals surface area (Å²) in [5.41, 5.74) is -0.919. The van der Waals surface area contributed by atoms with Gasteiger partial charge < -0.3 is 9.47 Å². The number of carbonyl (C=O) groups excluding carboxylic acids is 2. The largest absolute Gasteiger partial charge is 0.465 e. The number of carbonyl (C=O) groups is 2. The van der Waals surface area contributed by atoms with Crippen LogP contribution in [0.5, 0.6) is 0 Å². The van der Waals surface area contributed by atoms with Gasteiger partial charge in [0.15, 0.2) is 0 Å². The molecular formula is C16H19N3O8S. The Hall–Kier alpha value is -2.73. The standard InChI is InChI=1S/C16H19N3O8S/c1-3-26-15(20)11-6-7-12(16(21)27-4-2)17(11)28-14-8-5-10(18(22)23)9-13(14)19(24)25/h5,8-9,11-12H,3-4,6-7H2,1-2H3/t11-,12-/m0/s1. The van der Waals surface area contributed by atoms with Gasteiger partial charge in [0, 0.05) is 6.07 Å². The molecule has 1 aromatic carbocycles. The molecule has 1 fully saturated rings. The summed E-state index contributed by atoms with van der Waals surface area (Å²) >= 11 is 0.819. The van der Waals surface area contributed by atoms with Gasteiger partial charge in [0.25, 0.3) is 11.4 Å². The molecule has 2 rings (SSSR count). The number of rotatable bonds is 8. The van der Waals surface area contributed by atoms with Crippen molar-refractivity contribution in [1.82, 2.24) is 4.31 Å². The predicted molar refractivity (Wildman–Crippen MR) is 97.5 cm³/mol. The van der Waals surface area contributed by atoms with E-state index < -0.39 is 45.2 Å². The van der Waals surface area contributed by atoms with Crippen molar-refractivity contribution in [2.45, 2.75) is 43.7 Å². The summed E-state index contributed by atoms with van der Waals surface area (Å²) in [5, 5.41) is 22.3. The number of nitro groups is 2. The SMILES string of the molecule is CCOC(=O)[C@@H]1CC[C@@H](C(=O)OCC)N1Sc1ccc([N+](=O)[O-])cc1[N+](=O)[O-]. The quantitative estimate of drug-likeness (QED) is 0.270. The Labute approximate surface area is 164 Å². The second-order valence-electron chi connectivity index (χ2n) is 5.73. The van der Waals surface area contributed by atoms with Crippen molar-refractivity contribution in [3.63, 3.8) is 0 Å². The summed E-state index contributed by atoms with van der Waals surface area (Å²) in [5.74, 6) is -1.10. The number of esters is 2. The molecule has 1 heterocycles. The third-order valence-electron chi connectivity index (χ3n) is 4.00. The summed E-state index contributed by atoms with van der Waals surface area (Å²) in [7, 11) is 0. The number of non-ortho nitro benzene ring substituents is 1. The Kier molecular flexibility index (Phi) is 7.29. The molecule has 1 aromatic rings. The molecule has 28 heavy (non-hydrogen) atoms. The van der Waals surface area contributed by atoms with Gasteiger partial charge in [-0.25, -0.2) is 4.31 Å². The average Bonchev–Trinajstić information content (AvgIpc) is 3.05. The third kappa shape index (κ3) is 4.75. The van der Waals surface area contributed by atoms with E-state index in [1.54, 1.807) is 13.8 Å². The maximum atomic E-state index is 12.3. The minimum atomic E-state index is -0.797. The average molecular weight is 413 g/mol. The molecule has 0 spiro atoms. The van der Waals surface area contributed by atoms with E-state index in [0.29, 0.717) is 12.8 Å². The molecule has 0 aliphatic carbocycles. The molecule has 0 saturated carbocycles. The molecule has 2 atom stereocenters. The van der Waals surface area contributed by atoms with Crippen LogP contribution in [0.3, 0.4) is 0 Å². The highest BCUT2D eigenvalue weighted by Gasteiger charge is 2.44. The molecule has 0 N–H and O–H groups in total. The number of hydrogen-bond donors (Lipinski definition) is 0. The van der Waals surface area contributed by atoms with Crippen molar-refractivity contribution in [3.05, 3.63) is 38.4 Å². The molecule has 0 unspecified atom stereocenters. The van der Waals surface area contributed by atoms with Crippen LogP contribution in [0.25, 0.3) is 0 Å². The highest BCUT2D eigenvalue weighted by atomic mass is 32.2. The summed E-state index contributed by atoms with van der Waals surface area (Å²) < 4.78 is 11.5. The third-order valence-corrected chi connectivity index (χ3v) is 5.26. The molecule has 0 bridgehead atoms. The lowest BCUT2D eigenvalue weighted by Gasteiger charge is -2.26. The molecule has 11 nitrogen and oxygen atoms in total. The predicted octanol–water partition coefficient (Wildman–Crippen LogP) is 2.47. The molecular weight excluding hydrogens is 394 g/mol. The van der Waals surface area contributed by atoms with Gasteiger partial charge in [0.1, 0.15) is 17.0 Å². The Morgan fingerprint density at radius 3 is 2.04 bits per heavy atom. The molecule has 0 aromatic heterocycles. The second-order valence-corrected chi connectivity index (χ2v) is 6.77. The van der Waals surface area contributed by atoms with Crippen LogP contribution < -0.4 is 0 Å². The highest BCUT2D eigenvalue weighted by molar-refractivity contribution is 7.97. The van der Waals surface area contributed by atoms with Gasteiger partial charge in [0.05, 0.1) is 29.1 Å². The van der Waals surface area contributed by atoms with Gasteiger partial charge in [-0.05, 0) is 44.7 Å². The monoisotopic (exact) mass is 413 g/mol. The van der Waals surface area contributed by atoms with Crippen LogP contribution in [0, 0.1) is 20.2 Å². The number of benzene rings is 1. The Bertz CT molecular complexity index is 761. The fourth-order valence-electron chi connectivity index (χ4n) is 2.79. The summed E-state index contributed by atoms with van der Waals surface area (Å²) in [6, 6.07) is 1.61. The Balaban J connectivity index is 2.39.